The Labute approximate surface area is 229 Å². The molecule has 0 saturated carbocycles. The van der Waals surface area contributed by atoms with Gasteiger partial charge in [-0.3, -0.25) is 4.79 Å². The fourth-order valence-corrected chi connectivity index (χ4v) is 5.47. The largest absolute Gasteiger partial charge is 0.497 e. The molecule has 1 amide bonds. The van der Waals surface area contributed by atoms with Gasteiger partial charge in [0.2, 0.25) is 5.91 Å². The maximum atomic E-state index is 10.6. The molecule has 5 N–H and O–H groups in total. The monoisotopic (exact) mass is 536 g/mol. The zero-order valence-corrected chi connectivity index (χ0v) is 23.7. The van der Waals surface area contributed by atoms with Gasteiger partial charge in [0, 0.05) is 41.2 Å². The molecule has 37 heavy (non-hydrogen) atoms. The maximum Gasteiger partial charge on any atom is 0.221 e. The summed E-state index contributed by atoms with van der Waals surface area (Å²) in [6, 6.07) is 21.8. The van der Waals surface area contributed by atoms with E-state index in [2.05, 4.69) is 66.3 Å². The van der Waals surface area contributed by atoms with Gasteiger partial charge in [0.05, 0.1) is 18.2 Å². The van der Waals surface area contributed by atoms with Gasteiger partial charge in [-0.25, -0.2) is 0 Å². The molecule has 3 aromatic carbocycles. The van der Waals surface area contributed by atoms with Gasteiger partial charge in [0.1, 0.15) is 5.75 Å². The lowest BCUT2D eigenvalue weighted by Crippen LogP contribution is -2.43. The number of ether oxygens (including phenoxy) is 1. The predicted octanol–water partition coefficient (Wildman–Crippen LogP) is 5.78. The molecular weight excluding hydrogens is 500 g/mol. The molecule has 2 atom stereocenters. The van der Waals surface area contributed by atoms with Gasteiger partial charge in [0.15, 0.2) is 0 Å². The average Bonchev–Trinajstić information content (AvgIpc) is 3.21. The van der Waals surface area contributed by atoms with Crippen LogP contribution in [0.2, 0.25) is 0 Å². The lowest BCUT2D eigenvalue weighted by Gasteiger charge is -2.27. The molecule has 1 heterocycles. The molecule has 0 bridgehead atoms. The van der Waals surface area contributed by atoms with E-state index in [0.717, 1.165) is 39.6 Å². The molecule has 0 aliphatic carbocycles. The Bertz CT molecular complexity index is 1260. The molecule has 4 rings (SSSR count). The van der Waals surface area contributed by atoms with Gasteiger partial charge in [-0.1, -0.05) is 35.5 Å². The summed E-state index contributed by atoms with van der Waals surface area (Å²) in [4.78, 5) is 14.9. The number of nitrogens with two attached hydrogens (primary N) is 2. The van der Waals surface area contributed by atoms with Crippen molar-refractivity contribution < 1.29 is 9.53 Å². The average molecular weight is 537 g/mol. The minimum absolute atomic E-state index is 0.00609. The van der Waals surface area contributed by atoms with Crippen LogP contribution in [0.3, 0.4) is 0 Å². The molecule has 3 aromatic rings. The SMILES string of the molecule is CC(=O)Nc1ccc(S)cc1.COc1ccc2c(c1)SC(C(N)Cc1cccc(C(N)=C(C)C)c1)N2C. The zero-order chi connectivity index (χ0) is 27.1. The van der Waals surface area contributed by atoms with E-state index in [1.54, 1.807) is 18.9 Å². The van der Waals surface area contributed by atoms with E-state index in [1.165, 1.54) is 23.1 Å². The number of anilines is 2. The van der Waals surface area contributed by atoms with E-state index in [1.807, 2.05) is 44.2 Å². The standard InChI is InChI=1S/C21H27N3OS.C8H9NOS/c1-13(2)20(23)15-7-5-6-14(10-15)11-17(22)21-24(3)18-9-8-16(25-4)12-19(18)26-21;1-6(10)9-7-2-4-8(11)5-3-7/h5-10,12,17,21H,11,22-23H2,1-4H3;2-5,11H,1H3,(H,9,10). The highest BCUT2D eigenvalue weighted by Crippen LogP contribution is 2.45. The van der Waals surface area contributed by atoms with E-state index in [9.17, 15) is 4.79 Å². The number of nitrogens with zero attached hydrogens (tertiary/aromatic N) is 1. The first-order valence-electron chi connectivity index (χ1n) is 12.0. The van der Waals surface area contributed by atoms with Crippen molar-refractivity contribution in [3.63, 3.8) is 0 Å². The van der Waals surface area contributed by atoms with E-state index in [4.69, 9.17) is 16.2 Å². The number of methoxy groups -OCH3 is 1. The number of hydrogen-bond donors (Lipinski definition) is 4. The molecular formula is C29H36N4O2S2. The first-order valence-corrected chi connectivity index (χ1v) is 13.3. The summed E-state index contributed by atoms with van der Waals surface area (Å²) < 4.78 is 5.34. The molecule has 1 aliphatic rings. The van der Waals surface area contributed by atoms with Crippen LogP contribution < -0.4 is 26.4 Å². The number of allylic oxidation sites excluding steroid dienone is 1. The van der Waals surface area contributed by atoms with Gasteiger partial charge in [-0.15, -0.1) is 12.6 Å². The van der Waals surface area contributed by atoms with Crippen molar-refractivity contribution in [1.82, 2.24) is 0 Å². The van der Waals surface area contributed by atoms with Gasteiger partial charge < -0.3 is 26.4 Å². The number of thioether (sulfide) groups is 1. The molecule has 0 spiro atoms. The number of rotatable bonds is 6. The highest BCUT2D eigenvalue weighted by Gasteiger charge is 2.32. The van der Waals surface area contributed by atoms with E-state index >= 15 is 0 Å². The maximum absolute atomic E-state index is 10.6. The Kier molecular flexibility index (Phi) is 9.97. The first-order chi connectivity index (χ1) is 17.6. The number of likely N-dealkylation sites (N-methyl/N-ethyl adjacent to an activating group) is 1. The lowest BCUT2D eigenvalue weighted by molar-refractivity contribution is -0.114. The Morgan fingerprint density at radius 3 is 2.43 bits per heavy atom. The highest BCUT2D eigenvalue weighted by atomic mass is 32.2. The Hall–Kier alpha value is -3.07. The molecule has 8 heteroatoms. The summed E-state index contributed by atoms with van der Waals surface area (Å²) >= 11 is 5.91. The second-order valence-corrected chi connectivity index (χ2v) is 10.8. The topological polar surface area (TPSA) is 93.6 Å². The molecule has 0 aromatic heterocycles. The highest BCUT2D eigenvalue weighted by molar-refractivity contribution is 8.00. The Balaban J connectivity index is 0.000000289. The van der Waals surface area contributed by atoms with Crippen molar-refractivity contribution in [3.8, 4) is 5.75 Å². The molecule has 6 nitrogen and oxygen atoms in total. The third-order valence-electron chi connectivity index (χ3n) is 5.98. The third-order valence-corrected chi connectivity index (χ3v) is 7.76. The van der Waals surface area contributed by atoms with Crippen molar-refractivity contribution >= 4 is 47.4 Å². The molecule has 0 saturated heterocycles. The van der Waals surface area contributed by atoms with E-state index < -0.39 is 0 Å². The Morgan fingerprint density at radius 1 is 1.11 bits per heavy atom. The summed E-state index contributed by atoms with van der Waals surface area (Å²) in [7, 11) is 3.80. The van der Waals surface area contributed by atoms with Crippen LogP contribution >= 0.6 is 24.4 Å². The van der Waals surface area contributed by atoms with Gasteiger partial charge in [-0.2, -0.15) is 0 Å². The van der Waals surface area contributed by atoms with Crippen molar-refractivity contribution in [2.24, 2.45) is 11.5 Å². The molecule has 196 valence electrons. The number of hydrogen-bond acceptors (Lipinski definition) is 7. The van der Waals surface area contributed by atoms with Crippen LogP contribution in [-0.2, 0) is 11.2 Å². The number of nitrogens with one attached hydrogen (secondary N) is 1. The molecule has 2 unspecified atom stereocenters. The lowest BCUT2D eigenvalue weighted by atomic mass is 10.0. The summed E-state index contributed by atoms with van der Waals surface area (Å²) in [6.07, 6.45) is 0.803. The van der Waals surface area contributed by atoms with Crippen LogP contribution in [0.5, 0.6) is 5.75 Å². The second kappa shape index (κ2) is 12.9. The minimum Gasteiger partial charge on any atom is -0.497 e. The fourth-order valence-electron chi connectivity index (χ4n) is 4.00. The molecule has 1 aliphatic heterocycles. The smallest absolute Gasteiger partial charge is 0.221 e. The Morgan fingerprint density at radius 2 is 1.81 bits per heavy atom. The quantitative estimate of drug-likeness (QED) is 0.299. The van der Waals surface area contributed by atoms with Crippen LogP contribution in [0.1, 0.15) is 31.9 Å². The van der Waals surface area contributed by atoms with Crippen LogP contribution in [0, 0.1) is 0 Å². The van der Waals surface area contributed by atoms with Gasteiger partial charge in [0.25, 0.3) is 0 Å². The normalized spacial score (nSPS) is 14.7. The van der Waals surface area contributed by atoms with Crippen LogP contribution in [0.15, 0.2) is 82.1 Å². The van der Waals surface area contributed by atoms with E-state index in [-0.39, 0.29) is 17.3 Å². The summed E-state index contributed by atoms with van der Waals surface area (Å²) in [5.41, 5.74) is 19.0. The van der Waals surface area contributed by atoms with Crippen molar-refractivity contribution in [3.05, 3.63) is 83.4 Å². The number of carbonyl (C=O) groups excluding carboxylic acids is 1. The van der Waals surface area contributed by atoms with Crippen molar-refractivity contribution in [1.29, 1.82) is 0 Å². The minimum atomic E-state index is -0.0584. The fraction of sp³-hybridized carbons (Fsp3) is 0.276. The molecule has 0 radical (unpaired) electrons. The summed E-state index contributed by atoms with van der Waals surface area (Å²) in [6.45, 7) is 5.54. The van der Waals surface area contributed by atoms with Crippen molar-refractivity contribution in [2.45, 2.75) is 48.4 Å². The van der Waals surface area contributed by atoms with Crippen LogP contribution in [-0.4, -0.2) is 31.5 Å². The van der Waals surface area contributed by atoms with Crippen molar-refractivity contribution in [2.75, 3.05) is 24.4 Å². The van der Waals surface area contributed by atoms with E-state index in [0.29, 0.717) is 0 Å². The third kappa shape index (κ3) is 7.71. The second-order valence-electron chi connectivity index (χ2n) is 9.16. The predicted molar refractivity (Wildman–Crippen MR) is 160 cm³/mol. The number of carbonyl (C=O) groups is 1. The van der Waals surface area contributed by atoms with Crippen LogP contribution in [0.4, 0.5) is 11.4 Å². The number of fused-ring (bicyclic) bond motifs is 1. The van der Waals surface area contributed by atoms with Crippen LogP contribution in [0.25, 0.3) is 5.70 Å². The molecule has 0 fully saturated rings. The number of thiol groups is 1. The number of amides is 1. The number of benzene rings is 3. The zero-order valence-electron chi connectivity index (χ0n) is 22.0. The summed E-state index contributed by atoms with van der Waals surface area (Å²) in [5, 5.41) is 2.85. The summed E-state index contributed by atoms with van der Waals surface area (Å²) in [5.74, 6) is 0.820. The van der Waals surface area contributed by atoms with Gasteiger partial charge >= 0.3 is 0 Å². The first kappa shape index (κ1) is 28.5. The van der Waals surface area contributed by atoms with Gasteiger partial charge in [-0.05, 0) is 79.9 Å².